The van der Waals surface area contributed by atoms with Crippen molar-refractivity contribution in [3.8, 4) is 0 Å². The molecule has 1 fully saturated rings. The van der Waals surface area contributed by atoms with Crippen LogP contribution in [0.4, 0.5) is 0 Å². The van der Waals surface area contributed by atoms with E-state index in [1.165, 1.54) is 43.9 Å². The molecule has 1 aliphatic carbocycles. The molecule has 5 heteroatoms. The molecule has 2 rings (SSSR count). The lowest BCUT2D eigenvalue weighted by Gasteiger charge is -2.25. The largest absolute Gasteiger partial charge is 0.303 e. The minimum absolute atomic E-state index is 0.262. The standard InChI is InChI=1S/C15H25N3OS/c1-11-16-17-14(20-10-13(19)15(2,3)4)18(11)12-8-6-5-7-9-12/h12H,5-10H2,1-4H3. The second kappa shape index (κ2) is 6.29. The molecule has 112 valence electrons. The zero-order valence-corrected chi connectivity index (χ0v) is 13.8. The van der Waals surface area contributed by atoms with Gasteiger partial charge in [0.1, 0.15) is 11.6 Å². The van der Waals surface area contributed by atoms with E-state index in [9.17, 15) is 4.79 Å². The maximum absolute atomic E-state index is 12.1. The van der Waals surface area contributed by atoms with Gasteiger partial charge in [0.05, 0.1) is 5.75 Å². The highest BCUT2D eigenvalue weighted by molar-refractivity contribution is 7.99. The number of carbonyl (C=O) groups excluding carboxylic acids is 1. The van der Waals surface area contributed by atoms with Gasteiger partial charge in [0.2, 0.25) is 0 Å². The maximum Gasteiger partial charge on any atom is 0.191 e. The van der Waals surface area contributed by atoms with E-state index in [0.29, 0.717) is 11.8 Å². The predicted molar refractivity (Wildman–Crippen MR) is 82.1 cm³/mol. The first-order chi connectivity index (χ1) is 9.39. The molecule has 1 saturated carbocycles. The van der Waals surface area contributed by atoms with Gasteiger partial charge in [-0.1, -0.05) is 51.8 Å². The van der Waals surface area contributed by atoms with Crippen LogP contribution in [0.15, 0.2) is 5.16 Å². The van der Waals surface area contributed by atoms with Gasteiger partial charge in [0.25, 0.3) is 0 Å². The molecule has 0 atom stereocenters. The number of hydrogen-bond donors (Lipinski definition) is 0. The molecule has 1 aromatic rings. The molecule has 0 radical (unpaired) electrons. The van der Waals surface area contributed by atoms with Gasteiger partial charge in [-0.15, -0.1) is 10.2 Å². The van der Waals surface area contributed by atoms with Crippen molar-refractivity contribution in [1.29, 1.82) is 0 Å². The summed E-state index contributed by atoms with van der Waals surface area (Å²) in [4.78, 5) is 12.1. The topological polar surface area (TPSA) is 47.8 Å². The number of carbonyl (C=O) groups is 1. The Hall–Kier alpha value is -0.840. The van der Waals surface area contributed by atoms with Crippen LogP contribution in [0.1, 0.15) is 64.7 Å². The monoisotopic (exact) mass is 295 g/mol. The Morgan fingerprint density at radius 3 is 2.50 bits per heavy atom. The first-order valence-corrected chi connectivity index (χ1v) is 8.46. The van der Waals surface area contributed by atoms with Crippen LogP contribution in [0.3, 0.4) is 0 Å². The quantitative estimate of drug-likeness (QED) is 0.793. The molecular weight excluding hydrogens is 270 g/mol. The highest BCUT2D eigenvalue weighted by atomic mass is 32.2. The van der Waals surface area contributed by atoms with Crippen LogP contribution in [0.25, 0.3) is 0 Å². The lowest BCUT2D eigenvalue weighted by atomic mass is 9.92. The zero-order valence-electron chi connectivity index (χ0n) is 13.0. The minimum atomic E-state index is -0.280. The van der Waals surface area contributed by atoms with Gasteiger partial charge in [-0.3, -0.25) is 4.79 Å². The molecule has 0 N–H and O–H groups in total. The van der Waals surface area contributed by atoms with Crippen LogP contribution in [0, 0.1) is 12.3 Å². The molecule has 0 bridgehead atoms. The number of Topliss-reactive ketones (excluding diaryl/α,β-unsaturated/α-hetero) is 1. The highest BCUT2D eigenvalue weighted by Gasteiger charge is 2.24. The summed E-state index contributed by atoms with van der Waals surface area (Å²) in [5.41, 5.74) is -0.280. The molecular formula is C15H25N3OS. The van der Waals surface area contributed by atoms with E-state index in [-0.39, 0.29) is 11.2 Å². The summed E-state index contributed by atoms with van der Waals surface area (Å²) >= 11 is 1.54. The summed E-state index contributed by atoms with van der Waals surface area (Å²) in [5, 5.41) is 9.39. The van der Waals surface area contributed by atoms with Crippen molar-refractivity contribution < 1.29 is 4.79 Å². The second-order valence-corrected chi connectivity index (χ2v) is 7.60. The van der Waals surface area contributed by atoms with Gasteiger partial charge >= 0.3 is 0 Å². The number of hydrogen-bond acceptors (Lipinski definition) is 4. The van der Waals surface area contributed by atoms with Crippen LogP contribution in [-0.4, -0.2) is 26.3 Å². The molecule has 1 aromatic heterocycles. The summed E-state index contributed by atoms with van der Waals surface area (Å²) < 4.78 is 2.25. The summed E-state index contributed by atoms with van der Waals surface area (Å²) in [7, 11) is 0. The third-order valence-electron chi connectivity index (χ3n) is 3.94. The van der Waals surface area contributed by atoms with Gasteiger partial charge in [0, 0.05) is 11.5 Å². The van der Waals surface area contributed by atoms with E-state index >= 15 is 0 Å². The Balaban J connectivity index is 2.07. The van der Waals surface area contributed by atoms with E-state index in [1.54, 1.807) is 0 Å². The molecule has 20 heavy (non-hydrogen) atoms. The minimum Gasteiger partial charge on any atom is -0.303 e. The van der Waals surface area contributed by atoms with Crippen molar-refractivity contribution in [2.24, 2.45) is 5.41 Å². The van der Waals surface area contributed by atoms with E-state index in [1.807, 2.05) is 27.7 Å². The molecule has 1 aliphatic rings. The third kappa shape index (κ3) is 3.62. The number of ketones is 1. The molecule has 0 aliphatic heterocycles. The number of nitrogens with zero attached hydrogens (tertiary/aromatic N) is 3. The van der Waals surface area contributed by atoms with Crippen LogP contribution in [0.2, 0.25) is 0 Å². The van der Waals surface area contributed by atoms with Gasteiger partial charge < -0.3 is 4.57 Å². The molecule has 0 saturated heterocycles. The van der Waals surface area contributed by atoms with E-state index in [4.69, 9.17) is 0 Å². The van der Waals surface area contributed by atoms with Crippen LogP contribution in [0.5, 0.6) is 0 Å². The number of rotatable bonds is 4. The molecule has 0 spiro atoms. The Bertz CT molecular complexity index is 470. The van der Waals surface area contributed by atoms with E-state index in [0.717, 1.165) is 11.0 Å². The third-order valence-corrected chi connectivity index (χ3v) is 4.89. The summed E-state index contributed by atoms with van der Waals surface area (Å²) in [6.07, 6.45) is 6.32. The molecule has 0 amide bonds. The SMILES string of the molecule is Cc1nnc(SCC(=O)C(C)(C)C)n1C1CCCCC1. The Morgan fingerprint density at radius 1 is 1.25 bits per heavy atom. The Labute approximate surface area is 125 Å². The van der Waals surface area contributed by atoms with E-state index < -0.39 is 0 Å². The maximum atomic E-state index is 12.1. The molecule has 1 heterocycles. The van der Waals surface area contributed by atoms with Crippen LogP contribution in [-0.2, 0) is 4.79 Å². The molecule has 4 nitrogen and oxygen atoms in total. The molecule has 0 aromatic carbocycles. The van der Waals surface area contributed by atoms with Gasteiger partial charge in [-0.25, -0.2) is 0 Å². The fourth-order valence-electron chi connectivity index (χ4n) is 2.55. The van der Waals surface area contributed by atoms with Crippen molar-refractivity contribution >= 4 is 17.5 Å². The smallest absolute Gasteiger partial charge is 0.191 e. The van der Waals surface area contributed by atoms with Gasteiger partial charge in [-0.05, 0) is 19.8 Å². The van der Waals surface area contributed by atoms with Crippen LogP contribution >= 0.6 is 11.8 Å². The fraction of sp³-hybridized carbons (Fsp3) is 0.800. The van der Waals surface area contributed by atoms with Crippen molar-refractivity contribution in [3.05, 3.63) is 5.82 Å². The Morgan fingerprint density at radius 2 is 1.90 bits per heavy atom. The van der Waals surface area contributed by atoms with Crippen LogP contribution < -0.4 is 0 Å². The van der Waals surface area contributed by atoms with E-state index in [2.05, 4.69) is 14.8 Å². The van der Waals surface area contributed by atoms with Crippen molar-refractivity contribution in [2.75, 3.05) is 5.75 Å². The lowest BCUT2D eigenvalue weighted by Crippen LogP contribution is -2.22. The number of aromatic nitrogens is 3. The second-order valence-electron chi connectivity index (χ2n) is 6.65. The lowest BCUT2D eigenvalue weighted by molar-refractivity contribution is -0.123. The summed E-state index contributed by atoms with van der Waals surface area (Å²) in [6.45, 7) is 7.91. The predicted octanol–water partition coefficient (Wildman–Crippen LogP) is 3.80. The highest BCUT2D eigenvalue weighted by Crippen LogP contribution is 2.32. The van der Waals surface area contributed by atoms with Gasteiger partial charge in [0.15, 0.2) is 5.16 Å². The zero-order chi connectivity index (χ0) is 14.8. The Kier molecular flexibility index (Phi) is 4.89. The molecule has 0 unspecified atom stereocenters. The number of aryl methyl sites for hydroxylation is 1. The van der Waals surface area contributed by atoms with Crippen molar-refractivity contribution in [3.63, 3.8) is 0 Å². The first kappa shape index (κ1) is 15.5. The first-order valence-electron chi connectivity index (χ1n) is 7.47. The fourth-order valence-corrected chi connectivity index (χ4v) is 3.77. The average Bonchev–Trinajstić information content (AvgIpc) is 2.77. The van der Waals surface area contributed by atoms with Crippen molar-refractivity contribution in [2.45, 2.75) is 71.0 Å². The van der Waals surface area contributed by atoms with Crippen molar-refractivity contribution in [1.82, 2.24) is 14.8 Å². The summed E-state index contributed by atoms with van der Waals surface area (Å²) in [6, 6.07) is 0.519. The average molecular weight is 295 g/mol. The normalized spacial score (nSPS) is 17.4. The summed E-state index contributed by atoms with van der Waals surface area (Å²) in [5.74, 6) is 1.72. The number of thioether (sulfide) groups is 1. The van der Waals surface area contributed by atoms with Gasteiger partial charge in [-0.2, -0.15) is 0 Å².